The quantitative estimate of drug-likeness (QED) is 0.0961. The average molecular weight is 731 g/mol. The number of nitrogens with two attached hydrogens (primary N) is 1. The Morgan fingerprint density at radius 1 is 0.604 bits per heavy atom. The summed E-state index contributed by atoms with van der Waals surface area (Å²) in [5.74, 6) is -5.43. The molecule has 0 aliphatic carbocycles. The Kier molecular flexibility index (Phi) is 15.4. The maximum Gasteiger partial charge on any atom is 0.255 e. The number of phenols is 2. The number of primary amides is 1. The van der Waals surface area contributed by atoms with Gasteiger partial charge in [0.25, 0.3) is 5.91 Å². The first-order valence-electron chi connectivity index (χ1n) is 17.5. The molecule has 0 bridgehead atoms. The zero-order valence-corrected chi connectivity index (χ0v) is 30.6. The largest absolute Gasteiger partial charge is 0.508 e. The fourth-order valence-electron chi connectivity index (χ4n) is 5.48. The van der Waals surface area contributed by atoms with Crippen LogP contribution in [0.3, 0.4) is 0 Å². The van der Waals surface area contributed by atoms with Gasteiger partial charge in [-0.3, -0.25) is 28.8 Å². The van der Waals surface area contributed by atoms with E-state index in [2.05, 4.69) is 26.6 Å². The highest BCUT2D eigenvalue weighted by Crippen LogP contribution is 2.23. The standard InChI is InChI=1S/C39H50N6O8/c1-22(2)18-29(42-35(49)28-17-16-27(46)21-32(28)47)38(52)45-33(23(3)4)39(53)44-31(20-26-14-10-7-11-15-26)37(51)43-30(19-25-12-8-6-9-13-25)36(50)41-24(5)34(40)48/h6-17,21-24,29-31,33,46-47H,18-20H2,1-5H3,(H2,40,48)(H,41,50)(H,42,49)(H,43,51)(H,44,53)(H,45,52)/t24-,29-,30-,31-,33-/m1/s1. The molecule has 0 heterocycles. The second-order valence-corrected chi connectivity index (χ2v) is 13.7. The van der Waals surface area contributed by atoms with Gasteiger partial charge in [-0.25, -0.2) is 0 Å². The van der Waals surface area contributed by atoms with Crippen molar-refractivity contribution in [1.29, 1.82) is 0 Å². The predicted octanol–water partition coefficient (Wildman–Crippen LogP) is 1.83. The molecule has 0 radical (unpaired) electrons. The van der Waals surface area contributed by atoms with Crippen LogP contribution in [0.4, 0.5) is 0 Å². The molecule has 3 aromatic rings. The van der Waals surface area contributed by atoms with Crippen molar-refractivity contribution >= 4 is 35.4 Å². The Morgan fingerprint density at radius 3 is 1.57 bits per heavy atom. The lowest BCUT2D eigenvalue weighted by Gasteiger charge is -2.29. The van der Waals surface area contributed by atoms with Gasteiger partial charge >= 0.3 is 0 Å². The summed E-state index contributed by atoms with van der Waals surface area (Å²) in [6, 6.07) is 15.7. The molecule has 0 fully saturated rings. The monoisotopic (exact) mass is 730 g/mol. The van der Waals surface area contributed by atoms with E-state index in [0.717, 1.165) is 11.6 Å². The summed E-state index contributed by atoms with van der Waals surface area (Å²) < 4.78 is 0. The first-order chi connectivity index (χ1) is 25.0. The normalized spacial score (nSPS) is 13.9. The lowest BCUT2D eigenvalue weighted by molar-refractivity contribution is -0.135. The molecule has 0 aliphatic rings. The van der Waals surface area contributed by atoms with Crippen molar-refractivity contribution in [2.45, 2.75) is 84.1 Å². The maximum atomic E-state index is 14.0. The summed E-state index contributed by atoms with van der Waals surface area (Å²) in [5.41, 5.74) is 6.65. The minimum absolute atomic E-state index is 0.0384. The van der Waals surface area contributed by atoms with Gasteiger partial charge in [0.15, 0.2) is 0 Å². The number of nitrogens with one attached hydrogen (secondary N) is 5. The van der Waals surface area contributed by atoms with Crippen LogP contribution in [0.15, 0.2) is 78.9 Å². The highest BCUT2D eigenvalue weighted by atomic mass is 16.3. The molecule has 3 aromatic carbocycles. The zero-order chi connectivity index (χ0) is 39.2. The van der Waals surface area contributed by atoms with E-state index < -0.39 is 77.3 Å². The molecule has 0 saturated heterocycles. The van der Waals surface area contributed by atoms with Crippen molar-refractivity contribution in [3.8, 4) is 11.5 Å². The van der Waals surface area contributed by atoms with Crippen LogP contribution in [-0.2, 0) is 36.8 Å². The predicted molar refractivity (Wildman–Crippen MR) is 198 cm³/mol. The smallest absolute Gasteiger partial charge is 0.255 e. The highest BCUT2D eigenvalue weighted by molar-refractivity contribution is 6.00. The number of benzene rings is 3. The van der Waals surface area contributed by atoms with Gasteiger partial charge in [-0.1, -0.05) is 88.4 Å². The topological polar surface area (TPSA) is 229 Å². The summed E-state index contributed by atoms with van der Waals surface area (Å²) >= 11 is 0. The number of hydrogen-bond donors (Lipinski definition) is 8. The molecule has 0 spiro atoms. The molecule has 284 valence electrons. The van der Waals surface area contributed by atoms with Crippen LogP contribution in [0.5, 0.6) is 11.5 Å². The van der Waals surface area contributed by atoms with E-state index in [4.69, 9.17) is 5.73 Å². The number of phenolic OH excluding ortho intramolecular Hbond substituents is 2. The fourth-order valence-corrected chi connectivity index (χ4v) is 5.48. The molecular weight excluding hydrogens is 680 g/mol. The number of carbonyl (C=O) groups is 6. The minimum Gasteiger partial charge on any atom is -0.508 e. The lowest BCUT2D eigenvalue weighted by Crippen LogP contribution is -2.60. The molecular formula is C39H50N6O8. The van der Waals surface area contributed by atoms with Crippen molar-refractivity contribution in [3.05, 3.63) is 95.6 Å². The van der Waals surface area contributed by atoms with E-state index in [1.54, 1.807) is 74.5 Å². The van der Waals surface area contributed by atoms with Crippen LogP contribution in [0.1, 0.15) is 62.5 Å². The number of amides is 6. The first kappa shape index (κ1) is 41.5. The average Bonchev–Trinajstić information content (AvgIpc) is 3.09. The number of rotatable bonds is 18. The van der Waals surface area contributed by atoms with Crippen LogP contribution in [-0.4, -0.2) is 75.9 Å². The molecule has 0 unspecified atom stereocenters. The van der Waals surface area contributed by atoms with E-state index in [0.29, 0.717) is 5.56 Å². The van der Waals surface area contributed by atoms with Crippen LogP contribution in [0.25, 0.3) is 0 Å². The van der Waals surface area contributed by atoms with Crippen molar-refractivity contribution in [1.82, 2.24) is 26.6 Å². The number of aromatic hydroxyl groups is 2. The second kappa shape index (κ2) is 19.6. The van der Waals surface area contributed by atoms with Gasteiger partial charge in [0.1, 0.15) is 41.7 Å². The Morgan fingerprint density at radius 2 is 1.09 bits per heavy atom. The van der Waals surface area contributed by atoms with Crippen molar-refractivity contribution in [3.63, 3.8) is 0 Å². The summed E-state index contributed by atoms with van der Waals surface area (Å²) in [4.78, 5) is 79.7. The Balaban J connectivity index is 1.86. The Labute approximate surface area is 309 Å². The van der Waals surface area contributed by atoms with Gasteiger partial charge < -0.3 is 42.5 Å². The lowest BCUT2D eigenvalue weighted by atomic mass is 9.98. The van der Waals surface area contributed by atoms with E-state index in [1.165, 1.54) is 19.1 Å². The van der Waals surface area contributed by atoms with Crippen molar-refractivity contribution in [2.24, 2.45) is 17.6 Å². The van der Waals surface area contributed by atoms with Gasteiger partial charge in [0.2, 0.25) is 29.5 Å². The number of carbonyl (C=O) groups excluding carboxylic acids is 6. The molecule has 9 N–H and O–H groups in total. The van der Waals surface area contributed by atoms with Crippen molar-refractivity contribution in [2.75, 3.05) is 0 Å². The van der Waals surface area contributed by atoms with E-state index >= 15 is 0 Å². The second-order valence-electron chi connectivity index (χ2n) is 13.7. The van der Waals surface area contributed by atoms with Gasteiger partial charge in [-0.05, 0) is 48.4 Å². The third-order valence-electron chi connectivity index (χ3n) is 8.42. The third kappa shape index (κ3) is 13.0. The van der Waals surface area contributed by atoms with Gasteiger partial charge in [0, 0.05) is 18.9 Å². The van der Waals surface area contributed by atoms with Crippen LogP contribution in [0, 0.1) is 11.8 Å². The molecule has 53 heavy (non-hydrogen) atoms. The summed E-state index contributed by atoms with van der Waals surface area (Å²) in [6.07, 6.45) is 0.309. The van der Waals surface area contributed by atoms with Gasteiger partial charge in [-0.15, -0.1) is 0 Å². The maximum absolute atomic E-state index is 14.0. The highest BCUT2D eigenvalue weighted by Gasteiger charge is 2.34. The Bertz CT molecular complexity index is 1730. The van der Waals surface area contributed by atoms with E-state index in [-0.39, 0.29) is 36.5 Å². The summed E-state index contributed by atoms with van der Waals surface area (Å²) in [5, 5.41) is 33.2. The van der Waals surface area contributed by atoms with Gasteiger partial charge in [0.05, 0.1) is 5.56 Å². The molecule has 3 rings (SSSR count). The molecule has 14 heteroatoms. The summed E-state index contributed by atoms with van der Waals surface area (Å²) in [7, 11) is 0. The molecule has 0 aromatic heterocycles. The fraction of sp³-hybridized carbons (Fsp3) is 0.385. The first-order valence-corrected chi connectivity index (χ1v) is 17.5. The molecule has 14 nitrogen and oxygen atoms in total. The van der Waals surface area contributed by atoms with Gasteiger partial charge in [-0.2, -0.15) is 0 Å². The molecule has 6 amide bonds. The zero-order valence-electron chi connectivity index (χ0n) is 30.6. The van der Waals surface area contributed by atoms with E-state index in [9.17, 15) is 39.0 Å². The van der Waals surface area contributed by atoms with Crippen LogP contribution in [0.2, 0.25) is 0 Å². The Hall–Kier alpha value is -5.92. The van der Waals surface area contributed by atoms with Crippen LogP contribution >= 0.6 is 0 Å². The van der Waals surface area contributed by atoms with Crippen molar-refractivity contribution < 1.29 is 39.0 Å². The number of hydrogen-bond acceptors (Lipinski definition) is 8. The third-order valence-corrected chi connectivity index (χ3v) is 8.42. The van der Waals surface area contributed by atoms with E-state index in [1.807, 2.05) is 13.8 Å². The van der Waals surface area contributed by atoms with Crippen LogP contribution < -0.4 is 32.3 Å². The SMILES string of the molecule is CC(C)C[C@@H](NC(=O)c1ccc(O)cc1O)C(=O)N[C@@H](C(=O)N[C@H](Cc1ccccc1)C(=O)N[C@H](Cc1ccccc1)C(=O)N[C@H](C)C(N)=O)C(C)C. The molecule has 5 atom stereocenters. The summed E-state index contributed by atoms with van der Waals surface area (Å²) in [6.45, 7) is 8.55. The minimum atomic E-state index is -1.20. The molecule has 0 aliphatic heterocycles. The molecule has 0 saturated carbocycles.